The number of nitrogens with one attached hydrogen (secondary N) is 1. The predicted octanol–water partition coefficient (Wildman–Crippen LogP) is 5.39. The molecule has 2 amide bonds. The summed E-state index contributed by atoms with van der Waals surface area (Å²) in [5, 5.41) is 3.03. The highest BCUT2D eigenvalue weighted by Gasteiger charge is 2.30. The normalized spacial score (nSPS) is 11.8. The summed E-state index contributed by atoms with van der Waals surface area (Å²) in [7, 11) is 0. The van der Waals surface area contributed by atoms with Crippen LogP contribution >= 0.6 is 11.8 Å². The Morgan fingerprint density at radius 3 is 2.06 bits per heavy atom. The third-order valence-corrected chi connectivity index (χ3v) is 6.61. The Bertz CT molecular complexity index is 1050. The van der Waals surface area contributed by atoms with Gasteiger partial charge in [0.2, 0.25) is 11.8 Å². The minimum Gasteiger partial charge on any atom is -0.352 e. The van der Waals surface area contributed by atoms with E-state index in [0.717, 1.165) is 16.9 Å². The van der Waals surface area contributed by atoms with Gasteiger partial charge in [-0.25, -0.2) is 0 Å². The third kappa shape index (κ3) is 7.77. The van der Waals surface area contributed by atoms with E-state index in [9.17, 15) is 9.59 Å². The monoisotopic (exact) mass is 474 g/mol. The van der Waals surface area contributed by atoms with Gasteiger partial charge in [-0.15, -0.1) is 11.8 Å². The summed E-state index contributed by atoms with van der Waals surface area (Å²) in [4.78, 5) is 28.6. The van der Waals surface area contributed by atoms with E-state index in [1.54, 1.807) is 16.7 Å². The molecule has 0 aliphatic carbocycles. The number of thioether (sulfide) groups is 1. The van der Waals surface area contributed by atoms with Gasteiger partial charge in [-0.1, -0.05) is 84.9 Å². The zero-order chi connectivity index (χ0) is 24.3. The van der Waals surface area contributed by atoms with Gasteiger partial charge in [-0.05, 0) is 43.0 Å². The summed E-state index contributed by atoms with van der Waals surface area (Å²) in [6.07, 6.45) is 0.473. The first kappa shape index (κ1) is 25.6. The Morgan fingerprint density at radius 1 is 0.853 bits per heavy atom. The summed E-state index contributed by atoms with van der Waals surface area (Å²) in [5.41, 5.74) is 4.50. The van der Waals surface area contributed by atoms with E-state index in [0.29, 0.717) is 18.7 Å². The Labute approximate surface area is 207 Å². The number of hydrogen-bond donors (Lipinski definition) is 1. The molecule has 0 radical (unpaired) electrons. The molecule has 1 N–H and O–H groups in total. The first-order valence-corrected chi connectivity index (χ1v) is 12.9. The van der Waals surface area contributed by atoms with Crippen LogP contribution in [0.4, 0.5) is 0 Å². The summed E-state index contributed by atoms with van der Waals surface area (Å²) < 4.78 is 0. The van der Waals surface area contributed by atoms with Crippen LogP contribution in [0.5, 0.6) is 0 Å². The average molecular weight is 475 g/mol. The maximum Gasteiger partial charge on any atom is 0.243 e. The van der Waals surface area contributed by atoms with E-state index < -0.39 is 6.04 Å². The Kier molecular flexibility index (Phi) is 9.77. The van der Waals surface area contributed by atoms with Crippen LogP contribution in [0.3, 0.4) is 0 Å². The Morgan fingerprint density at radius 2 is 1.44 bits per heavy atom. The van der Waals surface area contributed by atoms with Crippen molar-refractivity contribution in [3.8, 4) is 0 Å². The summed E-state index contributed by atoms with van der Waals surface area (Å²) in [6, 6.07) is 27.4. The van der Waals surface area contributed by atoms with Gasteiger partial charge >= 0.3 is 0 Å². The zero-order valence-electron chi connectivity index (χ0n) is 20.2. The van der Waals surface area contributed by atoms with Crippen molar-refractivity contribution in [1.29, 1.82) is 0 Å². The molecule has 0 aliphatic rings. The average Bonchev–Trinajstić information content (AvgIpc) is 2.83. The molecule has 3 aromatic rings. The molecular weight excluding hydrogens is 440 g/mol. The molecule has 4 nitrogen and oxygen atoms in total. The molecular formula is C29H34N2O2S. The number of aryl methyl sites for hydroxylation is 1. The van der Waals surface area contributed by atoms with Crippen molar-refractivity contribution in [1.82, 2.24) is 10.2 Å². The molecule has 3 rings (SSSR count). The van der Waals surface area contributed by atoms with Crippen LogP contribution in [0.2, 0.25) is 0 Å². The minimum atomic E-state index is -0.587. The SMILES string of the molecule is Cc1ccccc1CSCC(=O)N(Cc1ccccc1)[C@H](Cc1ccccc1)C(=O)NC(C)C. The molecule has 0 bridgehead atoms. The second-order valence-electron chi connectivity index (χ2n) is 8.80. The fraction of sp³-hybridized carbons (Fsp3) is 0.310. The van der Waals surface area contributed by atoms with Crippen molar-refractivity contribution in [3.63, 3.8) is 0 Å². The highest BCUT2D eigenvalue weighted by Crippen LogP contribution is 2.20. The van der Waals surface area contributed by atoms with Gasteiger partial charge in [-0.2, -0.15) is 0 Å². The first-order valence-electron chi connectivity index (χ1n) is 11.7. The summed E-state index contributed by atoms with van der Waals surface area (Å²) >= 11 is 1.59. The number of carbonyl (C=O) groups is 2. The number of hydrogen-bond acceptors (Lipinski definition) is 3. The summed E-state index contributed by atoms with van der Waals surface area (Å²) in [6.45, 7) is 6.37. The van der Waals surface area contributed by atoms with Crippen LogP contribution in [0.1, 0.15) is 36.1 Å². The van der Waals surface area contributed by atoms with E-state index in [4.69, 9.17) is 0 Å². The van der Waals surface area contributed by atoms with E-state index in [1.165, 1.54) is 11.1 Å². The van der Waals surface area contributed by atoms with Crippen molar-refractivity contribution in [2.75, 3.05) is 5.75 Å². The van der Waals surface area contributed by atoms with Gasteiger partial charge in [0.25, 0.3) is 0 Å². The van der Waals surface area contributed by atoms with Crippen LogP contribution < -0.4 is 5.32 Å². The molecule has 0 heterocycles. The van der Waals surface area contributed by atoms with Crippen LogP contribution in [0, 0.1) is 6.92 Å². The molecule has 0 spiro atoms. The van der Waals surface area contributed by atoms with E-state index in [-0.39, 0.29) is 17.9 Å². The minimum absolute atomic E-state index is 0.00474. The quantitative estimate of drug-likeness (QED) is 0.405. The van der Waals surface area contributed by atoms with Gasteiger partial charge < -0.3 is 10.2 Å². The molecule has 0 saturated carbocycles. The first-order chi connectivity index (χ1) is 16.4. The fourth-order valence-electron chi connectivity index (χ4n) is 3.82. The molecule has 0 fully saturated rings. The van der Waals surface area contributed by atoms with E-state index >= 15 is 0 Å². The lowest BCUT2D eigenvalue weighted by Crippen LogP contribution is -2.52. The number of nitrogens with zero attached hydrogens (tertiary/aromatic N) is 1. The van der Waals surface area contributed by atoms with Crippen LogP contribution in [-0.4, -0.2) is 34.6 Å². The maximum absolute atomic E-state index is 13.6. The molecule has 1 atom stereocenters. The summed E-state index contributed by atoms with van der Waals surface area (Å²) in [5.74, 6) is 0.940. The number of rotatable bonds is 11. The zero-order valence-corrected chi connectivity index (χ0v) is 21.1. The van der Waals surface area contributed by atoms with Gasteiger partial charge in [0.1, 0.15) is 6.04 Å². The van der Waals surface area contributed by atoms with Gasteiger partial charge in [0, 0.05) is 24.8 Å². The lowest BCUT2D eigenvalue weighted by molar-refractivity contribution is -0.139. The predicted molar refractivity (Wildman–Crippen MR) is 142 cm³/mol. The molecule has 34 heavy (non-hydrogen) atoms. The standard InChI is InChI=1S/C29H34N2O2S/c1-22(2)30-29(33)27(18-24-13-6-4-7-14-24)31(19-25-15-8-5-9-16-25)28(32)21-34-20-26-17-11-10-12-23(26)3/h4-17,22,27H,18-21H2,1-3H3,(H,30,33)/t27-/m1/s1. The molecule has 0 aromatic heterocycles. The van der Waals surface area contributed by atoms with Crippen LogP contribution in [-0.2, 0) is 28.3 Å². The number of carbonyl (C=O) groups excluding carboxylic acids is 2. The van der Waals surface area contributed by atoms with Gasteiger partial charge in [-0.3, -0.25) is 9.59 Å². The highest BCUT2D eigenvalue weighted by atomic mass is 32.2. The molecule has 3 aromatic carbocycles. The number of benzene rings is 3. The van der Waals surface area contributed by atoms with Gasteiger partial charge in [0.05, 0.1) is 5.75 Å². The number of amides is 2. The van der Waals surface area contributed by atoms with E-state index in [2.05, 4.69) is 24.4 Å². The molecule has 0 aliphatic heterocycles. The van der Waals surface area contributed by atoms with Gasteiger partial charge in [0.15, 0.2) is 0 Å². The highest BCUT2D eigenvalue weighted by molar-refractivity contribution is 7.99. The largest absolute Gasteiger partial charge is 0.352 e. The van der Waals surface area contributed by atoms with Crippen LogP contribution in [0.15, 0.2) is 84.9 Å². The second-order valence-corrected chi connectivity index (χ2v) is 9.78. The Balaban J connectivity index is 1.83. The van der Waals surface area contributed by atoms with Crippen molar-refractivity contribution < 1.29 is 9.59 Å². The molecule has 0 unspecified atom stereocenters. The van der Waals surface area contributed by atoms with Crippen molar-refractivity contribution >= 4 is 23.6 Å². The molecule has 178 valence electrons. The lowest BCUT2D eigenvalue weighted by atomic mass is 10.0. The van der Waals surface area contributed by atoms with Crippen LogP contribution in [0.25, 0.3) is 0 Å². The molecule has 0 saturated heterocycles. The third-order valence-electron chi connectivity index (χ3n) is 5.64. The van der Waals surface area contributed by atoms with Crippen molar-refractivity contribution in [3.05, 3.63) is 107 Å². The topological polar surface area (TPSA) is 49.4 Å². The van der Waals surface area contributed by atoms with Crippen molar-refractivity contribution in [2.24, 2.45) is 0 Å². The lowest BCUT2D eigenvalue weighted by Gasteiger charge is -2.32. The van der Waals surface area contributed by atoms with Crippen molar-refractivity contribution in [2.45, 2.75) is 51.6 Å². The smallest absolute Gasteiger partial charge is 0.243 e. The fourth-order valence-corrected chi connectivity index (χ4v) is 4.80. The maximum atomic E-state index is 13.6. The van der Waals surface area contributed by atoms with E-state index in [1.807, 2.05) is 86.6 Å². The second kappa shape index (κ2) is 13.0. The Hall–Kier alpha value is -3.05. The molecule has 5 heteroatoms.